The molecule has 0 spiro atoms. The predicted octanol–water partition coefficient (Wildman–Crippen LogP) is 3.94. The molecule has 1 aromatic carbocycles. The molecule has 0 bridgehead atoms. The van der Waals surface area contributed by atoms with Gasteiger partial charge in [-0.25, -0.2) is 9.78 Å². The van der Waals surface area contributed by atoms with E-state index in [0.717, 1.165) is 6.07 Å². The Morgan fingerprint density at radius 3 is 2.56 bits per heavy atom. The normalized spacial score (nSPS) is 12.4. The standard InChI is InChI=1S/C16H12ClF3N2O3/c1-9(25-15(24)13-4-2-3-7-21-13)14(23)22-10-5-6-12(17)11(8-10)16(18,19)20/h2-9H,1H3,(H,22,23)/t9-/m1/s1. The number of carbonyl (C=O) groups is 2. The third-order valence-corrected chi connectivity index (χ3v) is 3.40. The molecule has 0 unspecified atom stereocenters. The van der Waals surface area contributed by atoms with Gasteiger partial charge in [0, 0.05) is 11.9 Å². The molecule has 0 aliphatic carbocycles. The van der Waals surface area contributed by atoms with Gasteiger partial charge in [0.1, 0.15) is 5.69 Å². The Balaban J connectivity index is 2.05. The smallest absolute Gasteiger partial charge is 0.417 e. The Bertz CT molecular complexity index is 782. The first-order valence-corrected chi connectivity index (χ1v) is 7.36. The van der Waals surface area contributed by atoms with Crippen LogP contribution >= 0.6 is 11.6 Å². The van der Waals surface area contributed by atoms with Crippen molar-refractivity contribution in [1.82, 2.24) is 4.98 Å². The SMILES string of the molecule is C[C@@H](OC(=O)c1ccccn1)C(=O)Nc1ccc(Cl)c(C(F)(F)F)c1. The first-order chi connectivity index (χ1) is 11.7. The molecule has 1 aromatic heterocycles. The average molecular weight is 373 g/mol. The summed E-state index contributed by atoms with van der Waals surface area (Å²) in [5.74, 6) is -1.62. The van der Waals surface area contributed by atoms with Crippen LogP contribution in [0.5, 0.6) is 0 Å². The number of pyridine rings is 1. The molecule has 25 heavy (non-hydrogen) atoms. The van der Waals surface area contributed by atoms with Gasteiger partial charge in [0.15, 0.2) is 6.10 Å². The summed E-state index contributed by atoms with van der Waals surface area (Å²) in [5, 5.41) is 1.76. The van der Waals surface area contributed by atoms with E-state index in [4.69, 9.17) is 16.3 Å². The van der Waals surface area contributed by atoms with Gasteiger partial charge in [-0.2, -0.15) is 13.2 Å². The van der Waals surface area contributed by atoms with Crippen LogP contribution in [0.15, 0.2) is 42.6 Å². The van der Waals surface area contributed by atoms with E-state index in [-0.39, 0.29) is 11.4 Å². The molecule has 1 amide bonds. The number of rotatable bonds is 4. The van der Waals surface area contributed by atoms with E-state index in [0.29, 0.717) is 6.07 Å². The van der Waals surface area contributed by atoms with Crippen LogP contribution in [0.1, 0.15) is 23.0 Å². The second-order valence-electron chi connectivity index (χ2n) is 4.94. The summed E-state index contributed by atoms with van der Waals surface area (Å²) in [6.07, 6.45) is -4.51. The second-order valence-corrected chi connectivity index (χ2v) is 5.35. The largest absolute Gasteiger partial charge is 0.448 e. The molecule has 0 aliphatic rings. The Morgan fingerprint density at radius 1 is 1.24 bits per heavy atom. The van der Waals surface area contributed by atoms with E-state index in [1.54, 1.807) is 12.1 Å². The number of ether oxygens (including phenoxy) is 1. The molecule has 0 radical (unpaired) electrons. The van der Waals surface area contributed by atoms with Crippen LogP contribution in [0.2, 0.25) is 5.02 Å². The number of hydrogen-bond donors (Lipinski definition) is 1. The molecule has 0 saturated carbocycles. The highest BCUT2D eigenvalue weighted by Crippen LogP contribution is 2.36. The van der Waals surface area contributed by atoms with Crippen molar-refractivity contribution in [2.75, 3.05) is 5.32 Å². The fourth-order valence-corrected chi connectivity index (χ4v) is 2.05. The van der Waals surface area contributed by atoms with E-state index < -0.39 is 34.7 Å². The third-order valence-electron chi connectivity index (χ3n) is 3.07. The molecule has 1 atom stereocenters. The van der Waals surface area contributed by atoms with Crippen molar-refractivity contribution in [3.05, 3.63) is 58.9 Å². The highest BCUT2D eigenvalue weighted by atomic mass is 35.5. The molecular formula is C16H12ClF3N2O3. The Hall–Kier alpha value is -2.61. The van der Waals surface area contributed by atoms with Gasteiger partial charge < -0.3 is 10.1 Å². The van der Waals surface area contributed by atoms with Crippen molar-refractivity contribution in [2.24, 2.45) is 0 Å². The Kier molecular flexibility index (Phi) is 5.63. The van der Waals surface area contributed by atoms with Crippen molar-refractivity contribution in [3.8, 4) is 0 Å². The Labute approximate surface area is 145 Å². The summed E-state index contributed by atoms with van der Waals surface area (Å²) in [4.78, 5) is 27.6. The maximum absolute atomic E-state index is 12.8. The van der Waals surface area contributed by atoms with Crippen LogP contribution in [-0.2, 0) is 15.7 Å². The summed E-state index contributed by atoms with van der Waals surface area (Å²) in [6.45, 7) is 1.29. The van der Waals surface area contributed by atoms with E-state index >= 15 is 0 Å². The number of aromatic nitrogens is 1. The van der Waals surface area contributed by atoms with Gasteiger partial charge in [0.05, 0.1) is 10.6 Å². The number of nitrogens with one attached hydrogen (secondary N) is 1. The van der Waals surface area contributed by atoms with Crippen molar-refractivity contribution in [1.29, 1.82) is 0 Å². The van der Waals surface area contributed by atoms with Crippen LogP contribution in [0.25, 0.3) is 0 Å². The summed E-state index contributed by atoms with van der Waals surface area (Å²) in [5.41, 5.74) is -1.19. The minimum Gasteiger partial charge on any atom is -0.448 e. The quantitative estimate of drug-likeness (QED) is 0.825. The lowest BCUT2D eigenvalue weighted by molar-refractivity contribution is -0.137. The lowest BCUT2D eigenvalue weighted by atomic mass is 10.2. The molecule has 0 saturated heterocycles. The van der Waals surface area contributed by atoms with Crippen LogP contribution in [0, 0.1) is 0 Å². The minimum absolute atomic E-state index is 0.00741. The summed E-state index contributed by atoms with van der Waals surface area (Å²) in [6, 6.07) is 7.51. The molecule has 1 N–H and O–H groups in total. The summed E-state index contributed by atoms with van der Waals surface area (Å²) in [7, 11) is 0. The van der Waals surface area contributed by atoms with Crippen LogP contribution in [-0.4, -0.2) is 23.0 Å². The van der Waals surface area contributed by atoms with Crippen LogP contribution in [0.3, 0.4) is 0 Å². The van der Waals surface area contributed by atoms with Crippen LogP contribution < -0.4 is 5.32 Å². The zero-order chi connectivity index (χ0) is 18.6. The molecule has 5 nitrogen and oxygen atoms in total. The van der Waals surface area contributed by atoms with Gasteiger partial charge in [0.2, 0.25) is 0 Å². The van der Waals surface area contributed by atoms with E-state index in [2.05, 4.69) is 10.3 Å². The van der Waals surface area contributed by atoms with Crippen molar-refractivity contribution < 1.29 is 27.5 Å². The minimum atomic E-state index is -4.66. The third kappa shape index (κ3) is 4.93. The molecular weight excluding hydrogens is 361 g/mol. The number of amides is 1. The van der Waals surface area contributed by atoms with E-state index in [9.17, 15) is 22.8 Å². The molecule has 2 rings (SSSR count). The van der Waals surface area contributed by atoms with Gasteiger partial charge >= 0.3 is 12.1 Å². The van der Waals surface area contributed by atoms with E-state index in [1.807, 2.05) is 0 Å². The fraction of sp³-hybridized carbons (Fsp3) is 0.188. The molecule has 0 aliphatic heterocycles. The maximum atomic E-state index is 12.8. The van der Waals surface area contributed by atoms with Gasteiger partial charge in [-0.1, -0.05) is 17.7 Å². The fourth-order valence-electron chi connectivity index (χ4n) is 1.82. The molecule has 0 fully saturated rings. The molecule has 2 aromatic rings. The molecule has 9 heteroatoms. The number of benzene rings is 1. The number of nitrogens with zero attached hydrogens (tertiary/aromatic N) is 1. The van der Waals surface area contributed by atoms with Gasteiger partial charge in [0.25, 0.3) is 5.91 Å². The first-order valence-electron chi connectivity index (χ1n) is 6.98. The highest BCUT2D eigenvalue weighted by Gasteiger charge is 2.33. The lowest BCUT2D eigenvalue weighted by Crippen LogP contribution is -2.30. The topological polar surface area (TPSA) is 68.3 Å². The zero-order valence-corrected chi connectivity index (χ0v) is 13.6. The highest BCUT2D eigenvalue weighted by molar-refractivity contribution is 6.31. The Morgan fingerprint density at radius 2 is 1.96 bits per heavy atom. The number of carbonyl (C=O) groups excluding carboxylic acids is 2. The molecule has 1 heterocycles. The lowest BCUT2D eigenvalue weighted by Gasteiger charge is -2.15. The van der Waals surface area contributed by atoms with Gasteiger partial charge in [-0.15, -0.1) is 0 Å². The van der Waals surface area contributed by atoms with E-state index in [1.165, 1.54) is 25.3 Å². The summed E-state index contributed by atoms with van der Waals surface area (Å²) >= 11 is 5.51. The van der Waals surface area contributed by atoms with Gasteiger partial charge in [-0.05, 0) is 37.3 Å². The van der Waals surface area contributed by atoms with Crippen molar-refractivity contribution >= 4 is 29.2 Å². The number of alkyl halides is 3. The van der Waals surface area contributed by atoms with Crippen molar-refractivity contribution in [3.63, 3.8) is 0 Å². The number of anilines is 1. The maximum Gasteiger partial charge on any atom is 0.417 e. The zero-order valence-electron chi connectivity index (χ0n) is 12.8. The van der Waals surface area contributed by atoms with Gasteiger partial charge in [-0.3, -0.25) is 4.79 Å². The average Bonchev–Trinajstić information content (AvgIpc) is 2.56. The molecule has 132 valence electrons. The second kappa shape index (κ2) is 7.52. The number of halogens is 4. The monoisotopic (exact) mass is 372 g/mol. The van der Waals surface area contributed by atoms with Crippen LogP contribution in [0.4, 0.5) is 18.9 Å². The first kappa shape index (κ1) is 18.7. The van der Waals surface area contributed by atoms with Crippen molar-refractivity contribution in [2.45, 2.75) is 19.2 Å². The summed E-state index contributed by atoms with van der Waals surface area (Å²) < 4.78 is 43.4. The number of hydrogen-bond acceptors (Lipinski definition) is 4. The number of esters is 1. The predicted molar refractivity (Wildman–Crippen MR) is 84.2 cm³/mol.